The molecule has 0 bridgehead atoms. The lowest BCUT2D eigenvalue weighted by Gasteiger charge is -2.28. The molecule has 5 heteroatoms. The highest BCUT2D eigenvalue weighted by Gasteiger charge is 2.23. The third-order valence-electron chi connectivity index (χ3n) is 3.13. The van der Waals surface area contributed by atoms with Gasteiger partial charge in [-0.25, -0.2) is 4.39 Å². The maximum atomic E-state index is 12.9. The van der Waals surface area contributed by atoms with E-state index in [1.165, 1.54) is 12.1 Å². The fourth-order valence-corrected chi connectivity index (χ4v) is 2.04. The molecule has 4 nitrogen and oxygen atoms in total. The average Bonchev–Trinajstić information content (AvgIpc) is 2.42. The second-order valence-corrected chi connectivity index (χ2v) is 5.06. The van der Waals surface area contributed by atoms with Crippen molar-refractivity contribution in [3.8, 4) is 0 Å². The minimum absolute atomic E-state index is 0.00577. The Bertz CT molecular complexity index is 370. The number of benzene rings is 1. The Kier molecular flexibility index (Phi) is 7.69. The zero-order valence-corrected chi connectivity index (χ0v) is 12.1. The molecule has 20 heavy (non-hydrogen) atoms. The van der Waals surface area contributed by atoms with E-state index < -0.39 is 6.10 Å². The lowest BCUT2D eigenvalue weighted by atomic mass is 9.93. The molecule has 1 aromatic carbocycles. The van der Waals surface area contributed by atoms with Crippen LogP contribution in [0.1, 0.15) is 25.5 Å². The molecular formula is C15H24FNO3. The molecule has 0 heterocycles. The summed E-state index contributed by atoms with van der Waals surface area (Å²) >= 11 is 0. The molecule has 0 amide bonds. The van der Waals surface area contributed by atoms with Gasteiger partial charge in [0.2, 0.25) is 0 Å². The summed E-state index contributed by atoms with van der Waals surface area (Å²) in [6, 6.07) is 5.75. The number of aliphatic hydroxyl groups is 2. The van der Waals surface area contributed by atoms with Gasteiger partial charge in [-0.05, 0) is 23.6 Å². The highest BCUT2D eigenvalue weighted by molar-refractivity contribution is 5.20. The smallest absolute Gasteiger partial charge is 0.123 e. The third-order valence-corrected chi connectivity index (χ3v) is 3.13. The van der Waals surface area contributed by atoms with Crippen molar-refractivity contribution in [1.29, 1.82) is 0 Å². The second-order valence-electron chi connectivity index (χ2n) is 5.06. The summed E-state index contributed by atoms with van der Waals surface area (Å²) in [5.41, 5.74) is 0.689. The van der Waals surface area contributed by atoms with Crippen LogP contribution >= 0.6 is 0 Å². The van der Waals surface area contributed by atoms with Crippen molar-refractivity contribution < 1.29 is 19.3 Å². The van der Waals surface area contributed by atoms with Gasteiger partial charge in [0, 0.05) is 12.6 Å². The number of rotatable bonds is 9. The summed E-state index contributed by atoms with van der Waals surface area (Å²) in [5.74, 6) is -0.0969. The molecule has 0 saturated heterocycles. The summed E-state index contributed by atoms with van der Waals surface area (Å²) in [6.45, 7) is 5.40. The van der Waals surface area contributed by atoms with Gasteiger partial charge in [0.1, 0.15) is 5.82 Å². The highest BCUT2D eigenvalue weighted by Crippen LogP contribution is 2.22. The Balaban J connectivity index is 2.54. The molecule has 0 aliphatic heterocycles. The quantitative estimate of drug-likeness (QED) is 0.602. The van der Waals surface area contributed by atoms with Gasteiger partial charge in [0.15, 0.2) is 0 Å². The molecule has 0 aliphatic carbocycles. The van der Waals surface area contributed by atoms with Crippen molar-refractivity contribution in [3.63, 3.8) is 0 Å². The van der Waals surface area contributed by atoms with Crippen LogP contribution in [-0.2, 0) is 4.74 Å². The van der Waals surface area contributed by atoms with Gasteiger partial charge >= 0.3 is 0 Å². The Morgan fingerprint density at radius 3 is 2.40 bits per heavy atom. The number of aliphatic hydroxyl groups excluding tert-OH is 2. The molecule has 0 aromatic heterocycles. The number of halogens is 1. The number of ether oxygens (including phenoxy) is 1. The Morgan fingerprint density at radius 2 is 1.85 bits per heavy atom. The van der Waals surface area contributed by atoms with Crippen molar-refractivity contribution in [2.45, 2.75) is 26.0 Å². The lowest BCUT2D eigenvalue weighted by molar-refractivity contribution is 0.0751. The largest absolute Gasteiger partial charge is 0.394 e. The predicted molar refractivity (Wildman–Crippen MR) is 75.9 cm³/mol. The fourth-order valence-electron chi connectivity index (χ4n) is 2.04. The highest BCUT2D eigenvalue weighted by atomic mass is 19.1. The van der Waals surface area contributed by atoms with E-state index in [1.807, 2.05) is 13.8 Å². The van der Waals surface area contributed by atoms with Crippen molar-refractivity contribution in [2.75, 3.05) is 26.4 Å². The lowest BCUT2D eigenvalue weighted by Crippen LogP contribution is -2.41. The van der Waals surface area contributed by atoms with E-state index in [1.54, 1.807) is 12.1 Å². The van der Waals surface area contributed by atoms with Gasteiger partial charge in [-0.3, -0.25) is 0 Å². The molecule has 1 rings (SSSR count). The maximum absolute atomic E-state index is 12.9. The summed E-state index contributed by atoms with van der Waals surface area (Å²) < 4.78 is 18.1. The van der Waals surface area contributed by atoms with Crippen LogP contribution in [0.25, 0.3) is 0 Å². The summed E-state index contributed by atoms with van der Waals surface area (Å²) in [5, 5.41) is 22.2. The van der Waals surface area contributed by atoms with Crippen LogP contribution in [0.3, 0.4) is 0 Å². The van der Waals surface area contributed by atoms with E-state index in [2.05, 4.69) is 5.32 Å². The van der Waals surface area contributed by atoms with Gasteiger partial charge in [-0.1, -0.05) is 26.0 Å². The molecule has 0 spiro atoms. The molecule has 1 aromatic rings. The Hall–Kier alpha value is -1.01. The van der Waals surface area contributed by atoms with Gasteiger partial charge in [0.25, 0.3) is 0 Å². The number of hydrogen-bond donors (Lipinski definition) is 3. The normalized spacial score (nSPS) is 14.5. The topological polar surface area (TPSA) is 61.7 Å². The van der Waals surface area contributed by atoms with Gasteiger partial charge in [0.05, 0.1) is 25.9 Å². The van der Waals surface area contributed by atoms with E-state index in [4.69, 9.17) is 9.84 Å². The Morgan fingerprint density at radius 1 is 1.20 bits per heavy atom. The summed E-state index contributed by atoms with van der Waals surface area (Å²) in [4.78, 5) is 0. The van der Waals surface area contributed by atoms with Crippen LogP contribution in [-0.4, -0.2) is 42.6 Å². The van der Waals surface area contributed by atoms with Gasteiger partial charge in [-0.15, -0.1) is 0 Å². The van der Waals surface area contributed by atoms with Gasteiger partial charge in [-0.2, -0.15) is 0 Å². The van der Waals surface area contributed by atoms with E-state index in [-0.39, 0.29) is 24.4 Å². The molecular weight excluding hydrogens is 261 g/mol. The van der Waals surface area contributed by atoms with E-state index in [0.717, 1.165) is 0 Å². The minimum Gasteiger partial charge on any atom is -0.394 e. The second kappa shape index (κ2) is 9.02. The van der Waals surface area contributed by atoms with Crippen molar-refractivity contribution in [3.05, 3.63) is 35.6 Å². The molecule has 0 saturated carbocycles. The van der Waals surface area contributed by atoms with Crippen LogP contribution in [0.5, 0.6) is 0 Å². The molecule has 2 unspecified atom stereocenters. The summed E-state index contributed by atoms with van der Waals surface area (Å²) in [7, 11) is 0. The zero-order chi connectivity index (χ0) is 15.0. The van der Waals surface area contributed by atoms with Crippen LogP contribution in [0.4, 0.5) is 4.39 Å². The fraction of sp³-hybridized carbons (Fsp3) is 0.600. The average molecular weight is 285 g/mol. The van der Waals surface area contributed by atoms with Gasteiger partial charge < -0.3 is 20.3 Å². The third kappa shape index (κ3) is 5.54. The summed E-state index contributed by atoms with van der Waals surface area (Å²) in [6.07, 6.45) is -0.701. The molecule has 0 fully saturated rings. The van der Waals surface area contributed by atoms with Crippen LogP contribution in [0.15, 0.2) is 24.3 Å². The van der Waals surface area contributed by atoms with Crippen LogP contribution < -0.4 is 5.32 Å². The molecule has 114 valence electrons. The maximum Gasteiger partial charge on any atom is 0.123 e. The van der Waals surface area contributed by atoms with Crippen LogP contribution in [0.2, 0.25) is 0 Å². The number of nitrogens with one attached hydrogen (secondary N) is 1. The Labute approximate surface area is 119 Å². The minimum atomic E-state index is -0.701. The molecule has 2 atom stereocenters. The molecule has 0 aliphatic rings. The molecule has 3 N–H and O–H groups in total. The van der Waals surface area contributed by atoms with Crippen LogP contribution in [0, 0.1) is 11.7 Å². The van der Waals surface area contributed by atoms with E-state index >= 15 is 0 Å². The number of hydrogen-bond acceptors (Lipinski definition) is 4. The monoisotopic (exact) mass is 285 g/mol. The SMILES string of the molecule is CC(C)C(NCCOCCO)C(O)c1ccc(F)cc1. The zero-order valence-electron chi connectivity index (χ0n) is 12.1. The first kappa shape index (κ1) is 17.0. The predicted octanol–water partition coefficient (Wildman–Crippen LogP) is 1.48. The van der Waals surface area contributed by atoms with E-state index in [9.17, 15) is 9.50 Å². The first-order valence-corrected chi connectivity index (χ1v) is 6.91. The van der Waals surface area contributed by atoms with E-state index in [0.29, 0.717) is 25.3 Å². The first-order chi connectivity index (χ1) is 9.56. The van der Waals surface area contributed by atoms with Crippen molar-refractivity contribution in [2.24, 2.45) is 5.92 Å². The van der Waals surface area contributed by atoms with Crippen molar-refractivity contribution >= 4 is 0 Å². The molecule has 0 radical (unpaired) electrons. The first-order valence-electron chi connectivity index (χ1n) is 6.91. The van der Waals surface area contributed by atoms with Crippen molar-refractivity contribution in [1.82, 2.24) is 5.32 Å². The standard InChI is InChI=1S/C15H24FNO3/c1-11(2)14(17-7-9-20-10-8-18)15(19)12-3-5-13(16)6-4-12/h3-6,11,14-15,17-19H,7-10H2,1-2H3.